The third-order valence-corrected chi connectivity index (χ3v) is 3.59. The van der Waals surface area contributed by atoms with Gasteiger partial charge in [-0.3, -0.25) is 0 Å². The fraction of sp³-hybridized carbons (Fsp3) is 0.600. The third-order valence-electron chi connectivity index (χ3n) is 3.59. The molecule has 0 aliphatic carbocycles. The highest BCUT2D eigenvalue weighted by Crippen LogP contribution is 2.29. The summed E-state index contributed by atoms with van der Waals surface area (Å²) in [5.41, 5.74) is 3.58. The van der Waals surface area contributed by atoms with E-state index in [2.05, 4.69) is 36.6 Å². The van der Waals surface area contributed by atoms with E-state index in [4.69, 9.17) is 4.74 Å². The van der Waals surface area contributed by atoms with Crippen molar-refractivity contribution in [1.82, 2.24) is 5.32 Å². The molecule has 3 nitrogen and oxygen atoms in total. The molecule has 1 aromatic rings. The van der Waals surface area contributed by atoms with E-state index in [1.54, 1.807) is 7.11 Å². The molecule has 0 aromatic heterocycles. The normalized spacial score (nSPS) is 18.9. The van der Waals surface area contributed by atoms with Crippen LogP contribution in [0.3, 0.4) is 0 Å². The van der Waals surface area contributed by atoms with Gasteiger partial charge in [-0.1, -0.05) is 6.07 Å². The van der Waals surface area contributed by atoms with Gasteiger partial charge in [-0.25, -0.2) is 0 Å². The van der Waals surface area contributed by atoms with Crippen LogP contribution in [0.5, 0.6) is 5.75 Å². The maximum atomic E-state index is 5.48. The molecule has 3 heteroatoms. The molecule has 0 spiro atoms. The number of hydrogen-bond acceptors (Lipinski definition) is 3. The fourth-order valence-corrected chi connectivity index (χ4v) is 2.74. The Bertz CT molecular complexity index is 398. The molecule has 0 saturated carbocycles. The van der Waals surface area contributed by atoms with Crippen molar-refractivity contribution in [2.45, 2.75) is 39.2 Å². The lowest BCUT2D eigenvalue weighted by atomic mass is 10.1. The van der Waals surface area contributed by atoms with Crippen molar-refractivity contribution < 1.29 is 4.74 Å². The van der Waals surface area contributed by atoms with Gasteiger partial charge in [-0.15, -0.1) is 0 Å². The van der Waals surface area contributed by atoms with Crippen molar-refractivity contribution in [3.05, 3.63) is 23.3 Å². The topological polar surface area (TPSA) is 33.3 Å². The summed E-state index contributed by atoms with van der Waals surface area (Å²) in [4.78, 5) is 0. The van der Waals surface area contributed by atoms with Crippen molar-refractivity contribution >= 4 is 5.69 Å². The molecule has 100 valence electrons. The Hall–Kier alpha value is -1.22. The van der Waals surface area contributed by atoms with Crippen LogP contribution in [-0.2, 0) is 0 Å². The largest absolute Gasteiger partial charge is 0.494 e. The van der Waals surface area contributed by atoms with Crippen LogP contribution < -0.4 is 15.4 Å². The minimum atomic E-state index is 0.689. The Labute approximate surface area is 110 Å². The van der Waals surface area contributed by atoms with Crippen LogP contribution in [0.25, 0.3) is 0 Å². The van der Waals surface area contributed by atoms with Crippen LogP contribution >= 0.6 is 0 Å². The van der Waals surface area contributed by atoms with Gasteiger partial charge in [0, 0.05) is 12.6 Å². The Morgan fingerprint density at radius 3 is 2.89 bits per heavy atom. The van der Waals surface area contributed by atoms with Crippen molar-refractivity contribution in [2.75, 3.05) is 25.5 Å². The summed E-state index contributed by atoms with van der Waals surface area (Å²) in [6.45, 7) is 6.39. The number of nitrogens with one attached hydrogen (secondary N) is 2. The molecular formula is C15H24N2O. The van der Waals surface area contributed by atoms with Gasteiger partial charge in [0.25, 0.3) is 0 Å². The van der Waals surface area contributed by atoms with Gasteiger partial charge in [0.2, 0.25) is 0 Å². The highest BCUT2D eigenvalue weighted by atomic mass is 16.5. The summed E-state index contributed by atoms with van der Waals surface area (Å²) in [6, 6.07) is 5.01. The van der Waals surface area contributed by atoms with Gasteiger partial charge in [-0.05, 0) is 56.8 Å². The molecule has 2 N–H and O–H groups in total. The third kappa shape index (κ3) is 3.16. The summed E-state index contributed by atoms with van der Waals surface area (Å²) in [5, 5.41) is 7.03. The van der Waals surface area contributed by atoms with Crippen LogP contribution in [-0.4, -0.2) is 26.2 Å². The highest BCUT2D eigenvalue weighted by molar-refractivity contribution is 5.61. The molecule has 18 heavy (non-hydrogen) atoms. The molecule has 1 fully saturated rings. The Morgan fingerprint density at radius 1 is 1.39 bits per heavy atom. The van der Waals surface area contributed by atoms with E-state index < -0.39 is 0 Å². The van der Waals surface area contributed by atoms with Gasteiger partial charge in [0.15, 0.2) is 0 Å². The first-order valence-corrected chi connectivity index (χ1v) is 6.83. The Kier molecular flexibility index (Phi) is 4.48. The predicted octanol–water partition coefficient (Wildman–Crippen LogP) is 2.87. The quantitative estimate of drug-likeness (QED) is 0.840. The van der Waals surface area contributed by atoms with Crippen LogP contribution in [0.4, 0.5) is 5.69 Å². The average Bonchev–Trinajstić information content (AvgIpc) is 2.81. The molecule has 1 aliphatic rings. The van der Waals surface area contributed by atoms with Gasteiger partial charge in [-0.2, -0.15) is 0 Å². The molecule has 1 atom stereocenters. The lowest BCUT2D eigenvalue weighted by molar-refractivity contribution is 0.413. The van der Waals surface area contributed by atoms with Crippen LogP contribution in [0.2, 0.25) is 0 Å². The second-order valence-electron chi connectivity index (χ2n) is 5.17. The highest BCUT2D eigenvalue weighted by Gasteiger charge is 2.13. The molecule has 0 amide bonds. The Morgan fingerprint density at radius 2 is 2.22 bits per heavy atom. The predicted molar refractivity (Wildman–Crippen MR) is 76.6 cm³/mol. The molecule has 1 heterocycles. The molecule has 1 saturated heterocycles. The number of rotatable bonds is 5. The zero-order valence-electron chi connectivity index (χ0n) is 11.7. The average molecular weight is 248 g/mol. The van der Waals surface area contributed by atoms with Crippen molar-refractivity contribution in [1.29, 1.82) is 0 Å². The minimum Gasteiger partial charge on any atom is -0.494 e. The number of ether oxygens (including phenoxy) is 1. The number of anilines is 1. The first-order valence-electron chi connectivity index (χ1n) is 6.83. The SMILES string of the molecule is COc1c(C)cc(C)cc1NCCC1CCCN1. The van der Waals surface area contributed by atoms with Crippen LogP contribution in [0.1, 0.15) is 30.4 Å². The lowest BCUT2D eigenvalue weighted by Crippen LogP contribution is -2.24. The van der Waals surface area contributed by atoms with E-state index >= 15 is 0 Å². The monoisotopic (exact) mass is 248 g/mol. The zero-order valence-corrected chi connectivity index (χ0v) is 11.7. The van der Waals surface area contributed by atoms with E-state index in [0.29, 0.717) is 6.04 Å². The van der Waals surface area contributed by atoms with E-state index in [0.717, 1.165) is 18.0 Å². The zero-order chi connectivity index (χ0) is 13.0. The summed E-state index contributed by atoms with van der Waals surface area (Å²) in [6.07, 6.45) is 3.80. The molecular weight excluding hydrogens is 224 g/mol. The van der Waals surface area contributed by atoms with Crippen LogP contribution in [0, 0.1) is 13.8 Å². The van der Waals surface area contributed by atoms with Gasteiger partial charge < -0.3 is 15.4 Å². The standard InChI is InChI=1S/C15H24N2O/c1-11-9-12(2)15(18-3)14(10-11)17-8-6-13-5-4-7-16-13/h9-10,13,16-17H,4-8H2,1-3H3. The van der Waals surface area contributed by atoms with Gasteiger partial charge in [0.05, 0.1) is 12.8 Å². The summed E-state index contributed by atoms with van der Waals surface area (Å²) < 4.78 is 5.48. The lowest BCUT2D eigenvalue weighted by Gasteiger charge is -2.16. The smallest absolute Gasteiger partial charge is 0.144 e. The molecule has 1 aliphatic heterocycles. The van der Waals surface area contributed by atoms with E-state index in [9.17, 15) is 0 Å². The number of benzene rings is 1. The summed E-state index contributed by atoms with van der Waals surface area (Å²) >= 11 is 0. The van der Waals surface area contributed by atoms with E-state index in [1.165, 1.54) is 36.9 Å². The molecule has 0 bridgehead atoms. The first-order chi connectivity index (χ1) is 8.70. The van der Waals surface area contributed by atoms with E-state index in [1.807, 2.05) is 0 Å². The van der Waals surface area contributed by atoms with Crippen molar-refractivity contribution in [2.24, 2.45) is 0 Å². The van der Waals surface area contributed by atoms with Gasteiger partial charge >= 0.3 is 0 Å². The van der Waals surface area contributed by atoms with Crippen molar-refractivity contribution in [3.8, 4) is 5.75 Å². The maximum Gasteiger partial charge on any atom is 0.144 e. The number of aryl methyl sites for hydroxylation is 2. The first kappa shape index (κ1) is 13.2. The van der Waals surface area contributed by atoms with Crippen molar-refractivity contribution in [3.63, 3.8) is 0 Å². The maximum absolute atomic E-state index is 5.48. The number of hydrogen-bond donors (Lipinski definition) is 2. The molecule has 2 rings (SSSR count). The van der Waals surface area contributed by atoms with E-state index in [-0.39, 0.29) is 0 Å². The second kappa shape index (κ2) is 6.10. The second-order valence-corrected chi connectivity index (χ2v) is 5.17. The number of methoxy groups -OCH3 is 1. The van der Waals surface area contributed by atoms with Gasteiger partial charge in [0.1, 0.15) is 5.75 Å². The summed E-state index contributed by atoms with van der Waals surface area (Å²) in [5.74, 6) is 0.972. The van der Waals surface area contributed by atoms with Crippen LogP contribution in [0.15, 0.2) is 12.1 Å². The summed E-state index contributed by atoms with van der Waals surface area (Å²) in [7, 11) is 1.74. The Balaban J connectivity index is 1.95. The molecule has 1 unspecified atom stereocenters. The fourth-order valence-electron chi connectivity index (χ4n) is 2.74. The minimum absolute atomic E-state index is 0.689. The molecule has 0 radical (unpaired) electrons. The molecule has 1 aromatic carbocycles.